The molecule has 0 aromatic heterocycles. The smallest absolute Gasteiger partial charge is 0.274 e. The minimum absolute atomic E-state index is 0.106. The summed E-state index contributed by atoms with van der Waals surface area (Å²) in [5.41, 5.74) is 0.645. The first-order valence-electron chi connectivity index (χ1n) is 5.20. The number of rotatable bonds is 3. The van der Waals surface area contributed by atoms with E-state index in [-0.39, 0.29) is 5.91 Å². The average Bonchev–Trinajstić information content (AvgIpc) is 2.34. The predicted molar refractivity (Wildman–Crippen MR) is 61.5 cm³/mol. The zero-order valence-electron chi connectivity index (χ0n) is 9.86. The number of amides is 1. The molecular weight excluding hydrogens is 190 g/mol. The van der Waals surface area contributed by atoms with Crippen molar-refractivity contribution in [2.45, 2.75) is 20.8 Å². The second kappa shape index (κ2) is 8.00. The molecule has 1 rings (SSSR count). The topological polar surface area (TPSA) is 29.5 Å². The van der Waals surface area contributed by atoms with Crippen LogP contribution in [0.4, 0.5) is 0 Å². The summed E-state index contributed by atoms with van der Waals surface area (Å²) in [5.74, 6) is -0.106. The quantitative estimate of drug-likeness (QED) is 0.716. The highest BCUT2D eigenvalue weighted by molar-refractivity contribution is 5.93. The van der Waals surface area contributed by atoms with Crippen molar-refractivity contribution < 1.29 is 9.63 Å². The van der Waals surface area contributed by atoms with E-state index < -0.39 is 0 Å². The van der Waals surface area contributed by atoms with Crippen LogP contribution in [0.5, 0.6) is 0 Å². The summed E-state index contributed by atoms with van der Waals surface area (Å²) < 4.78 is 0. The Kier molecular flexibility index (Phi) is 7.28. The number of hydrogen-bond donors (Lipinski definition) is 0. The molecule has 1 aromatic carbocycles. The lowest BCUT2D eigenvalue weighted by atomic mass is 10.2. The van der Waals surface area contributed by atoms with Gasteiger partial charge in [0.2, 0.25) is 0 Å². The van der Waals surface area contributed by atoms with E-state index >= 15 is 0 Å². The lowest BCUT2D eigenvalue weighted by Gasteiger charge is -2.16. The van der Waals surface area contributed by atoms with Gasteiger partial charge in [-0.2, -0.15) is 0 Å². The highest BCUT2D eigenvalue weighted by Crippen LogP contribution is 2.03. The highest BCUT2D eigenvalue weighted by atomic mass is 16.7. The van der Waals surface area contributed by atoms with Crippen LogP contribution < -0.4 is 0 Å². The Bertz CT molecular complexity index is 268. The second-order valence-corrected chi connectivity index (χ2v) is 2.55. The van der Waals surface area contributed by atoms with Crippen molar-refractivity contribution in [3.05, 3.63) is 35.9 Å². The Labute approximate surface area is 91.6 Å². The minimum atomic E-state index is -0.106. The molecule has 84 valence electrons. The summed E-state index contributed by atoms with van der Waals surface area (Å²) in [4.78, 5) is 16.5. The molecule has 0 fully saturated rings. The first kappa shape index (κ1) is 13.7. The fourth-order valence-corrected chi connectivity index (χ4v) is 1.08. The first-order chi connectivity index (χ1) is 7.29. The molecular formula is C12H19NO2. The maximum absolute atomic E-state index is 11.6. The zero-order valence-corrected chi connectivity index (χ0v) is 9.86. The SMILES string of the molecule is CC.CCN(OC)C(=O)c1ccccc1. The molecule has 0 N–H and O–H groups in total. The minimum Gasteiger partial charge on any atom is -0.274 e. The van der Waals surface area contributed by atoms with Crippen molar-refractivity contribution >= 4 is 5.91 Å². The van der Waals surface area contributed by atoms with Gasteiger partial charge in [-0.25, -0.2) is 5.06 Å². The van der Waals surface area contributed by atoms with Gasteiger partial charge in [0.05, 0.1) is 7.11 Å². The van der Waals surface area contributed by atoms with E-state index in [9.17, 15) is 4.79 Å². The van der Waals surface area contributed by atoms with Crippen LogP contribution in [0, 0.1) is 0 Å². The second-order valence-electron chi connectivity index (χ2n) is 2.55. The van der Waals surface area contributed by atoms with E-state index in [4.69, 9.17) is 4.84 Å². The number of carbonyl (C=O) groups excluding carboxylic acids is 1. The van der Waals surface area contributed by atoms with E-state index in [2.05, 4.69) is 0 Å². The van der Waals surface area contributed by atoms with Crippen molar-refractivity contribution in [3.63, 3.8) is 0 Å². The summed E-state index contributed by atoms with van der Waals surface area (Å²) in [7, 11) is 1.49. The molecule has 3 nitrogen and oxygen atoms in total. The highest BCUT2D eigenvalue weighted by Gasteiger charge is 2.12. The molecule has 0 bridgehead atoms. The molecule has 0 radical (unpaired) electrons. The third-order valence-corrected chi connectivity index (χ3v) is 1.75. The third kappa shape index (κ3) is 4.13. The molecule has 0 heterocycles. The first-order valence-corrected chi connectivity index (χ1v) is 5.20. The number of hydrogen-bond acceptors (Lipinski definition) is 2. The molecule has 0 aliphatic heterocycles. The maximum atomic E-state index is 11.6. The average molecular weight is 209 g/mol. The van der Waals surface area contributed by atoms with E-state index in [1.165, 1.54) is 12.2 Å². The van der Waals surface area contributed by atoms with Crippen LogP contribution in [0.3, 0.4) is 0 Å². The van der Waals surface area contributed by atoms with Crippen molar-refractivity contribution in [1.82, 2.24) is 5.06 Å². The Morgan fingerprint density at radius 1 is 1.27 bits per heavy atom. The van der Waals surface area contributed by atoms with E-state index in [1.54, 1.807) is 12.1 Å². The lowest BCUT2D eigenvalue weighted by Crippen LogP contribution is -2.29. The summed E-state index contributed by atoms with van der Waals surface area (Å²) >= 11 is 0. The summed E-state index contributed by atoms with van der Waals surface area (Å²) in [6.45, 7) is 6.41. The van der Waals surface area contributed by atoms with Gasteiger partial charge in [-0.15, -0.1) is 0 Å². The van der Waals surface area contributed by atoms with E-state index in [1.807, 2.05) is 39.0 Å². The summed E-state index contributed by atoms with van der Waals surface area (Å²) in [6.07, 6.45) is 0. The standard InChI is InChI=1S/C10H13NO2.C2H6/c1-3-11(13-2)10(12)9-7-5-4-6-8-9;1-2/h4-8H,3H2,1-2H3;1-2H3. The Balaban J connectivity index is 0.000000921. The third-order valence-electron chi connectivity index (χ3n) is 1.75. The summed E-state index contributed by atoms with van der Waals surface area (Å²) in [6, 6.07) is 9.07. The van der Waals surface area contributed by atoms with Crippen molar-refractivity contribution in [1.29, 1.82) is 0 Å². The molecule has 3 heteroatoms. The fourth-order valence-electron chi connectivity index (χ4n) is 1.08. The van der Waals surface area contributed by atoms with Crippen LogP contribution in [0.1, 0.15) is 31.1 Å². The molecule has 0 aliphatic carbocycles. The molecule has 1 amide bonds. The molecule has 15 heavy (non-hydrogen) atoms. The van der Waals surface area contributed by atoms with E-state index in [0.29, 0.717) is 12.1 Å². The molecule has 0 aliphatic rings. The van der Waals surface area contributed by atoms with Gasteiger partial charge in [0.1, 0.15) is 0 Å². The normalized spacial score (nSPS) is 8.80. The van der Waals surface area contributed by atoms with Crippen LogP contribution in [0.15, 0.2) is 30.3 Å². The molecule has 0 spiro atoms. The number of hydroxylamine groups is 2. The van der Waals surface area contributed by atoms with Gasteiger partial charge >= 0.3 is 0 Å². The van der Waals surface area contributed by atoms with Crippen LogP contribution in [0.25, 0.3) is 0 Å². The van der Waals surface area contributed by atoms with Crippen molar-refractivity contribution in [3.8, 4) is 0 Å². The van der Waals surface area contributed by atoms with Crippen LogP contribution >= 0.6 is 0 Å². The molecule has 0 unspecified atom stereocenters. The van der Waals surface area contributed by atoms with Crippen molar-refractivity contribution in [2.75, 3.05) is 13.7 Å². The van der Waals surface area contributed by atoms with Gasteiger partial charge in [-0.1, -0.05) is 32.0 Å². The largest absolute Gasteiger partial charge is 0.277 e. The Hall–Kier alpha value is -1.35. The monoisotopic (exact) mass is 209 g/mol. The molecule has 0 atom stereocenters. The van der Waals surface area contributed by atoms with Gasteiger partial charge in [0.15, 0.2) is 0 Å². The molecule has 0 saturated heterocycles. The molecule has 0 saturated carbocycles. The van der Waals surface area contributed by atoms with Gasteiger partial charge in [-0.3, -0.25) is 9.63 Å². The number of nitrogens with zero attached hydrogens (tertiary/aromatic N) is 1. The Morgan fingerprint density at radius 3 is 2.20 bits per heavy atom. The van der Waals surface area contributed by atoms with Gasteiger partial charge in [0, 0.05) is 12.1 Å². The van der Waals surface area contributed by atoms with Crippen LogP contribution in [-0.4, -0.2) is 24.6 Å². The predicted octanol–water partition coefficient (Wildman–Crippen LogP) is 2.74. The Morgan fingerprint density at radius 2 is 1.80 bits per heavy atom. The summed E-state index contributed by atoms with van der Waals surface area (Å²) in [5, 5.41) is 1.31. The van der Waals surface area contributed by atoms with Gasteiger partial charge in [0.25, 0.3) is 5.91 Å². The number of benzene rings is 1. The van der Waals surface area contributed by atoms with Crippen molar-refractivity contribution in [2.24, 2.45) is 0 Å². The van der Waals surface area contributed by atoms with Gasteiger partial charge < -0.3 is 0 Å². The fraction of sp³-hybridized carbons (Fsp3) is 0.417. The zero-order chi connectivity index (χ0) is 11.7. The van der Waals surface area contributed by atoms with Gasteiger partial charge in [-0.05, 0) is 19.1 Å². The van der Waals surface area contributed by atoms with Crippen LogP contribution in [0.2, 0.25) is 0 Å². The maximum Gasteiger partial charge on any atom is 0.277 e. The van der Waals surface area contributed by atoms with Crippen LogP contribution in [-0.2, 0) is 4.84 Å². The number of carbonyl (C=O) groups is 1. The van der Waals surface area contributed by atoms with E-state index in [0.717, 1.165) is 0 Å². The lowest BCUT2D eigenvalue weighted by molar-refractivity contribution is -0.0915. The molecule has 1 aromatic rings.